The second-order valence-corrected chi connectivity index (χ2v) is 4.04. The van der Waals surface area contributed by atoms with Crippen LogP contribution in [0, 0.1) is 0 Å². The molecule has 2 rings (SSSR count). The molecule has 4 heteroatoms. The third-order valence-electron chi connectivity index (χ3n) is 2.73. The SMILES string of the molecule is CN(CC1CCCO1)C(=O)c1ccccn1. The molecule has 0 spiro atoms. The zero-order chi connectivity index (χ0) is 11.4. The van der Waals surface area contributed by atoms with Gasteiger partial charge in [0.25, 0.3) is 5.91 Å². The lowest BCUT2D eigenvalue weighted by molar-refractivity contribution is 0.0583. The Bertz CT molecular complexity index is 347. The maximum absolute atomic E-state index is 11.9. The van der Waals surface area contributed by atoms with E-state index < -0.39 is 0 Å². The fourth-order valence-electron chi connectivity index (χ4n) is 1.86. The predicted molar refractivity (Wildman–Crippen MR) is 60.2 cm³/mol. The summed E-state index contributed by atoms with van der Waals surface area (Å²) < 4.78 is 5.50. The van der Waals surface area contributed by atoms with E-state index in [4.69, 9.17) is 4.74 Å². The average Bonchev–Trinajstić information content (AvgIpc) is 2.82. The first-order chi connectivity index (χ1) is 7.77. The third-order valence-corrected chi connectivity index (χ3v) is 2.73. The number of ether oxygens (including phenoxy) is 1. The maximum Gasteiger partial charge on any atom is 0.272 e. The van der Waals surface area contributed by atoms with Gasteiger partial charge >= 0.3 is 0 Å². The van der Waals surface area contributed by atoms with E-state index in [-0.39, 0.29) is 12.0 Å². The summed E-state index contributed by atoms with van der Waals surface area (Å²) in [6.07, 6.45) is 3.96. The van der Waals surface area contributed by atoms with Crippen LogP contribution >= 0.6 is 0 Å². The highest BCUT2D eigenvalue weighted by molar-refractivity contribution is 5.92. The first-order valence-electron chi connectivity index (χ1n) is 5.55. The van der Waals surface area contributed by atoms with E-state index in [2.05, 4.69) is 4.98 Å². The van der Waals surface area contributed by atoms with Crippen LogP contribution in [0.2, 0.25) is 0 Å². The van der Waals surface area contributed by atoms with Gasteiger partial charge in [0, 0.05) is 26.4 Å². The molecule has 1 amide bonds. The van der Waals surface area contributed by atoms with Crippen LogP contribution < -0.4 is 0 Å². The van der Waals surface area contributed by atoms with Crippen LogP contribution in [0.4, 0.5) is 0 Å². The lowest BCUT2D eigenvalue weighted by Gasteiger charge is -2.20. The third kappa shape index (κ3) is 2.58. The van der Waals surface area contributed by atoms with Crippen molar-refractivity contribution < 1.29 is 9.53 Å². The van der Waals surface area contributed by atoms with Gasteiger partial charge in [-0.3, -0.25) is 9.78 Å². The number of carbonyl (C=O) groups is 1. The summed E-state index contributed by atoms with van der Waals surface area (Å²) in [5, 5.41) is 0. The summed E-state index contributed by atoms with van der Waals surface area (Å²) in [7, 11) is 1.79. The van der Waals surface area contributed by atoms with E-state index in [1.807, 2.05) is 6.07 Å². The van der Waals surface area contributed by atoms with Gasteiger partial charge in [0.05, 0.1) is 6.10 Å². The van der Waals surface area contributed by atoms with Crippen molar-refractivity contribution in [3.05, 3.63) is 30.1 Å². The molecule has 0 aliphatic carbocycles. The van der Waals surface area contributed by atoms with Gasteiger partial charge < -0.3 is 9.64 Å². The van der Waals surface area contributed by atoms with E-state index in [1.165, 1.54) is 0 Å². The Balaban J connectivity index is 1.94. The molecule has 1 fully saturated rings. The molecular weight excluding hydrogens is 204 g/mol. The van der Waals surface area contributed by atoms with E-state index in [0.717, 1.165) is 19.4 Å². The van der Waals surface area contributed by atoms with E-state index >= 15 is 0 Å². The van der Waals surface area contributed by atoms with Gasteiger partial charge in [0.1, 0.15) is 5.69 Å². The molecule has 1 aromatic heterocycles. The normalized spacial score (nSPS) is 19.7. The summed E-state index contributed by atoms with van der Waals surface area (Å²) >= 11 is 0. The Morgan fingerprint density at radius 1 is 1.62 bits per heavy atom. The van der Waals surface area contributed by atoms with Crippen LogP contribution in [0.1, 0.15) is 23.3 Å². The quantitative estimate of drug-likeness (QED) is 0.771. The first kappa shape index (κ1) is 11.1. The second kappa shape index (κ2) is 5.07. The first-order valence-corrected chi connectivity index (χ1v) is 5.55. The Labute approximate surface area is 95.2 Å². The number of aromatic nitrogens is 1. The van der Waals surface area contributed by atoms with Crippen LogP contribution in [0.15, 0.2) is 24.4 Å². The van der Waals surface area contributed by atoms with Gasteiger partial charge in [-0.1, -0.05) is 6.07 Å². The molecule has 1 atom stereocenters. The number of rotatable bonds is 3. The topological polar surface area (TPSA) is 42.4 Å². The molecule has 1 aliphatic rings. The molecule has 86 valence electrons. The molecule has 0 bridgehead atoms. The lowest BCUT2D eigenvalue weighted by Crippen LogP contribution is -2.34. The molecule has 16 heavy (non-hydrogen) atoms. The number of hydrogen-bond acceptors (Lipinski definition) is 3. The van der Waals surface area contributed by atoms with Crippen molar-refractivity contribution in [1.82, 2.24) is 9.88 Å². The minimum Gasteiger partial charge on any atom is -0.376 e. The van der Waals surface area contributed by atoms with Crippen molar-refractivity contribution >= 4 is 5.91 Å². The molecule has 4 nitrogen and oxygen atoms in total. The van der Waals surface area contributed by atoms with Crippen molar-refractivity contribution in [2.24, 2.45) is 0 Å². The number of pyridine rings is 1. The highest BCUT2D eigenvalue weighted by Crippen LogP contribution is 2.13. The largest absolute Gasteiger partial charge is 0.376 e. The molecule has 0 radical (unpaired) electrons. The number of nitrogens with zero attached hydrogens (tertiary/aromatic N) is 2. The molecule has 2 heterocycles. The molecular formula is C12H16N2O2. The van der Waals surface area contributed by atoms with Crippen LogP contribution in [-0.4, -0.2) is 42.1 Å². The lowest BCUT2D eigenvalue weighted by atomic mass is 10.2. The van der Waals surface area contributed by atoms with Crippen molar-refractivity contribution in [3.63, 3.8) is 0 Å². The van der Waals surface area contributed by atoms with Crippen LogP contribution in [0.25, 0.3) is 0 Å². The van der Waals surface area contributed by atoms with Crippen molar-refractivity contribution in [1.29, 1.82) is 0 Å². The van der Waals surface area contributed by atoms with Crippen molar-refractivity contribution in [2.45, 2.75) is 18.9 Å². The maximum atomic E-state index is 11.9. The van der Waals surface area contributed by atoms with E-state index in [9.17, 15) is 4.79 Å². The summed E-state index contributed by atoms with van der Waals surface area (Å²) in [5.41, 5.74) is 0.489. The summed E-state index contributed by atoms with van der Waals surface area (Å²) in [5.74, 6) is -0.0453. The highest BCUT2D eigenvalue weighted by atomic mass is 16.5. The minimum absolute atomic E-state index is 0.0453. The monoisotopic (exact) mass is 220 g/mol. The van der Waals surface area contributed by atoms with Gasteiger partial charge in [-0.2, -0.15) is 0 Å². The Morgan fingerprint density at radius 3 is 3.12 bits per heavy atom. The van der Waals surface area contributed by atoms with E-state index in [1.54, 1.807) is 30.3 Å². The number of hydrogen-bond donors (Lipinski definition) is 0. The van der Waals surface area contributed by atoms with Crippen LogP contribution in [0.5, 0.6) is 0 Å². The molecule has 1 aliphatic heterocycles. The number of amides is 1. The number of likely N-dealkylation sites (N-methyl/N-ethyl adjacent to an activating group) is 1. The zero-order valence-corrected chi connectivity index (χ0v) is 9.43. The van der Waals surface area contributed by atoms with Gasteiger partial charge in [0.15, 0.2) is 0 Å². The Kier molecular flexibility index (Phi) is 3.51. The predicted octanol–water partition coefficient (Wildman–Crippen LogP) is 1.33. The zero-order valence-electron chi connectivity index (χ0n) is 9.43. The van der Waals surface area contributed by atoms with E-state index in [0.29, 0.717) is 12.2 Å². The summed E-state index contributed by atoms with van der Waals surface area (Å²) in [4.78, 5) is 17.7. The average molecular weight is 220 g/mol. The molecule has 0 saturated carbocycles. The Hall–Kier alpha value is -1.42. The standard InChI is InChI=1S/C12H16N2O2/c1-14(9-10-5-4-8-16-10)12(15)11-6-2-3-7-13-11/h2-3,6-7,10H,4-5,8-9H2,1H3. The highest BCUT2D eigenvalue weighted by Gasteiger charge is 2.21. The van der Waals surface area contributed by atoms with Crippen LogP contribution in [0.3, 0.4) is 0 Å². The Morgan fingerprint density at radius 2 is 2.50 bits per heavy atom. The van der Waals surface area contributed by atoms with Gasteiger partial charge in [0.2, 0.25) is 0 Å². The van der Waals surface area contributed by atoms with Crippen LogP contribution in [-0.2, 0) is 4.74 Å². The molecule has 0 N–H and O–H groups in total. The van der Waals surface area contributed by atoms with Gasteiger partial charge in [-0.15, -0.1) is 0 Å². The van der Waals surface area contributed by atoms with Gasteiger partial charge in [-0.05, 0) is 25.0 Å². The smallest absolute Gasteiger partial charge is 0.272 e. The molecule has 1 unspecified atom stereocenters. The fourth-order valence-corrected chi connectivity index (χ4v) is 1.86. The molecule has 1 saturated heterocycles. The second-order valence-electron chi connectivity index (χ2n) is 4.04. The van der Waals surface area contributed by atoms with Gasteiger partial charge in [-0.25, -0.2) is 0 Å². The molecule has 0 aromatic carbocycles. The number of carbonyl (C=O) groups excluding carboxylic acids is 1. The fraction of sp³-hybridized carbons (Fsp3) is 0.500. The summed E-state index contributed by atoms with van der Waals surface area (Å²) in [6.45, 7) is 1.46. The summed E-state index contributed by atoms with van der Waals surface area (Å²) in [6, 6.07) is 5.35. The molecule has 1 aromatic rings. The minimum atomic E-state index is -0.0453. The van der Waals surface area contributed by atoms with Crippen molar-refractivity contribution in [2.75, 3.05) is 20.2 Å². The van der Waals surface area contributed by atoms with Crippen molar-refractivity contribution in [3.8, 4) is 0 Å².